The van der Waals surface area contributed by atoms with Gasteiger partial charge in [0.05, 0.1) is 18.2 Å². The predicted molar refractivity (Wildman–Crippen MR) is 119 cm³/mol. The van der Waals surface area contributed by atoms with E-state index in [2.05, 4.69) is 10.1 Å². The number of hydrogen-bond donors (Lipinski definition) is 2. The van der Waals surface area contributed by atoms with Gasteiger partial charge in [-0.1, -0.05) is 0 Å². The van der Waals surface area contributed by atoms with Crippen LogP contribution >= 0.6 is 0 Å². The van der Waals surface area contributed by atoms with E-state index in [1.807, 2.05) is 25.2 Å². The van der Waals surface area contributed by atoms with Crippen LogP contribution in [0.1, 0.15) is 0 Å². The molecule has 0 bridgehead atoms. The lowest BCUT2D eigenvalue weighted by Gasteiger charge is -2.07. The first-order chi connectivity index (χ1) is 15.0. The van der Waals surface area contributed by atoms with Gasteiger partial charge in [-0.05, 0) is 35.7 Å². The van der Waals surface area contributed by atoms with E-state index in [4.69, 9.17) is 14.1 Å². The number of H-pyrrole nitrogens is 2. The third-order valence-electron chi connectivity index (χ3n) is 5.63. The number of ether oxygens (including phenoxy) is 1. The van der Waals surface area contributed by atoms with Gasteiger partial charge in [0.2, 0.25) is 0 Å². The third kappa shape index (κ3) is 2.45. The Kier molecular flexibility index (Phi) is 3.44. The maximum atomic E-state index is 13.2. The van der Waals surface area contributed by atoms with Gasteiger partial charge in [0.1, 0.15) is 16.8 Å². The van der Waals surface area contributed by atoms with Crippen molar-refractivity contribution in [3.63, 3.8) is 0 Å². The summed E-state index contributed by atoms with van der Waals surface area (Å²) in [6, 6.07) is 12.0. The summed E-state index contributed by atoms with van der Waals surface area (Å²) in [5.74, 6) is 0.660. The molecule has 2 N–H and O–H groups in total. The number of rotatable bonds is 2. The summed E-state index contributed by atoms with van der Waals surface area (Å²) in [6.07, 6.45) is 1.79. The molecule has 0 aliphatic rings. The molecule has 0 saturated carbocycles. The van der Waals surface area contributed by atoms with Gasteiger partial charge in [-0.25, -0.2) is 4.98 Å². The van der Waals surface area contributed by atoms with Crippen LogP contribution in [0, 0.1) is 0 Å². The number of aromatic amines is 2. The topological polar surface area (TPSA) is 106 Å². The summed E-state index contributed by atoms with van der Waals surface area (Å²) in [5.41, 5.74) is 3.52. The van der Waals surface area contributed by atoms with Crippen molar-refractivity contribution < 1.29 is 9.15 Å². The second-order valence-electron chi connectivity index (χ2n) is 7.46. The maximum Gasteiger partial charge on any atom is 0.256 e. The highest BCUT2D eigenvalue weighted by atomic mass is 16.5. The van der Waals surface area contributed by atoms with E-state index in [-0.39, 0.29) is 11.0 Å². The number of nitrogens with zero attached hydrogens (tertiary/aromatic N) is 2. The first-order valence-corrected chi connectivity index (χ1v) is 9.65. The van der Waals surface area contributed by atoms with Crippen LogP contribution in [0.3, 0.4) is 0 Å². The molecule has 0 atom stereocenters. The molecule has 4 heterocycles. The molecule has 0 radical (unpaired) electrons. The summed E-state index contributed by atoms with van der Waals surface area (Å²) in [5, 5.41) is 5.44. The van der Waals surface area contributed by atoms with E-state index in [0.29, 0.717) is 44.7 Å². The molecule has 0 saturated heterocycles. The molecule has 2 aromatic carbocycles. The van der Waals surface area contributed by atoms with E-state index >= 15 is 0 Å². The molecule has 152 valence electrons. The highest BCUT2D eigenvalue weighted by molar-refractivity contribution is 6.14. The zero-order valence-electron chi connectivity index (χ0n) is 16.6. The number of fused-ring (bicyclic) bond motifs is 5. The minimum atomic E-state index is -0.261. The Morgan fingerprint density at radius 3 is 2.77 bits per heavy atom. The second-order valence-corrected chi connectivity index (χ2v) is 7.46. The fraction of sp³-hybridized carbons (Fsp3) is 0.0870. The van der Waals surface area contributed by atoms with Crippen molar-refractivity contribution in [2.24, 2.45) is 7.05 Å². The van der Waals surface area contributed by atoms with Crippen LogP contribution < -0.4 is 15.7 Å². The molecule has 0 spiro atoms. The highest BCUT2D eigenvalue weighted by Crippen LogP contribution is 2.38. The lowest BCUT2D eigenvalue weighted by atomic mass is 10.0. The van der Waals surface area contributed by atoms with Crippen molar-refractivity contribution in [2.45, 2.75) is 0 Å². The van der Waals surface area contributed by atoms with Gasteiger partial charge >= 0.3 is 0 Å². The summed E-state index contributed by atoms with van der Waals surface area (Å²) in [7, 11) is 3.43. The molecule has 6 rings (SSSR count). The average molecular weight is 412 g/mol. The molecule has 0 aliphatic carbocycles. The van der Waals surface area contributed by atoms with Crippen LogP contribution in [0.15, 0.2) is 62.7 Å². The summed E-state index contributed by atoms with van der Waals surface area (Å²) < 4.78 is 13.1. The number of pyridine rings is 2. The van der Waals surface area contributed by atoms with Crippen LogP contribution in [-0.4, -0.2) is 26.9 Å². The molecule has 0 fully saturated rings. The van der Waals surface area contributed by atoms with Gasteiger partial charge in [-0.3, -0.25) is 14.3 Å². The van der Waals surface area contributed by atoms with Crippen molar-refractivity contribution in [3.05, 3.63) is 69.2 Å². The van der Waals surface area contributed by atoms with Gasteiger partial charge in [-0.2, -0.15) is 0 Å². The van der Waals surface area contributed by atoms with Gasteiger partial charge < -0.3 is 19.2 Å². The number of nitrogens with one attached hydrogen (secondary N) is 2. The first-order valence-electron chi connectivity index (χ1n) is 9.65. The Bertz CT molecular complexity index is 1790. The number of furan rings is 1. The molecule has 8 heteroatoms. The Hall–Kier alpha value is -4.33. The van der Waals surface area contributed by atoms with Crippen LogP contribution in [0.4, 0.5) is 0 Å². The highest BCUT2D eigenvalue weighted by Gasteiger charge is 2.21. The van der Waals surface area contributed by atoms with Crippen molar-refractivity contribution in [1.29, 1.82) is 0 Å². The molecule has 4 aromatic heterocycles. The Balaban J connectivity index is 1.79. The standard InChI is InChI=1S/C23H16N4O4/c1-27-22-16(10-24-27)19(21-20(26-22)14-6-4-12(28)8-18(14)31-21)15-7-11-3-5-13(30-2)9-17(11)25-23(15)29/h3-10,24H,1-2H3,(H,25,29). The van der Waals surface area contributed by atoms with Crippen LogP contribution in [-0.2, 0) is 7.05 Å². The number of aryl methyl sites for hydroxylation is 1. The first kappa shape index (κ1) is 17.5. The van der Waals surface area contributed by atoms with E-state index in [1.165, 1.54) is 12.1 Å². The van der Waals surface area contributed by atoms with E-state index in [9.17, 15) is 9.59 Å². The molecule has 0 amide bonds. The smallest absolute Gasteiger partial charge is 0.256 e. The minimum absolute atomic E-state index is 0.150. The quantitative estimate of drug-likeness (QED) is 0.451. The molecule has 0 unspecified atom stereocenters. The van der Waals surface area contributed by atoms with Gasteiger partial charge in [0.25, 0.3) is 5.56 Å². The van der Waals surface area contributed by atoms with Crippen molar-refractivity contribution in [3.8, 4) is 16.9 Å². The van der Waals surface area contributed by atoms with Crippen LogP contribution in [0.2, 0.25) is 0 Å². The predicted octanol–water partition coefficient (Wildman–Crippen LogP) is 3.68. The van der Waals surface area contributed by atoms with Crippen LogP contribution in [0.25, 0.3) is 55.1 Å². The van der Waals surface area contributed by atoms with Crippen molar-refractivity contribution in [2.75, 3.05) is 7.11 Å². The Labute approximate surface area is 173 Å². The summed E-state index contributed by atoms with van der Waals surface area (Å²) in [6.45, 7) is 0. The molecular weight excluding hydrogens is 396 g/mol. The zero-order valence-corrected chi connectivity index (χ0v) is 16.6. The number of aromatic nitrogens is 4. The van der Waals surface area contributed by atoms with E-state index < -0.39 is 0 Å². The zero-order chi connectivity index (χ0) is 21.3. The minimum Gasteiger partial charge on any atom is -0.497 e. The molecule has 8 nitrogen and oxygen atoms in total. The average Bonchev–Trinajstić information content (AvgIpc) is 3.31. The fourth-order valence-electron chi connectivity index (χ4n) is 4.12. The van der Waals surface area contributed by atoms with Gasteiger partial charge in [0, 0.05) is 41.7 Å². The third-order valence-corrected chi connectivity index (χ3v) is 5.63. The molecule has 0 aliphatic heterocycles. The lowest BCUT2D eigenvalue weighted by molar-refractivity contribution is 0.415. The maximum absolute atomic E-state index is 13.2. The van der Waals surface area contributed by atoms with E-state index in [0.717, 1.165) is 16.2 Å². The molecular formula is C23H16N4O4. The van der Waals surface area contributed by atoms with Crippen molar-refractivity contribution in [1.82, 2.24) is 19.7 Å². The monoisotopic (exact) mass is 412 g/mol. The summed E-state index contributed by atoms with van der Waals surface area (Å²) in [4.78, 5) is 32.7. The number of methoxy groups -OCH3 is 1. The Morgan fingerprint density at radius 2 is 1.94 bits per heavy atom. The SMILES string of the molecule is COc1ccc2cc(-c3c4c[nH]n(C)c4nc4c3oc3cc(=O)ccc34)c(=O)[nH]c2c1. The fourth-order valence-corrected chi connectivity index (χ4v) is 4.12. The number of benzene rings is 2. The van der Waals surface area contributed by atoms with Crippen LogP contribution in [0.5, 0.6) is 5.75 Å². The molecule has 6 aromatic rings. The molecule has 31 heavy (non-hydrogen) atoms. The number of hydrogen-bond acceptors (Lipinski definition) is 5. The van der Waals surface area contributed by atoms with Gasteiger partial charge in [0.15, 0.2) is 16.7 Å². The largest absolute Gasteiger partial charge is 0.497 e. The summed E-state index contributed by atoms with van der Waals surface area (Å²) >= 11 is 0. The van der Waals surface area contributed by atoms with Crippen molar-refractivity contribution >= 4 is 44.0 Å². The van der Waals surface area contributed by atoms with E-state index in [1.54, 1.807) is 30.1 Å². The normalized spacial score (nSPS) is 11.8. The second kappa shape index (κ2) is 6.09. The van der Waals surface area contributed by atoms with Gasteiger partial charge in [-0.15, -0.1) is 0 Å². The Morgan fingerprint density at radius 1 is 1.06 bits per heavy atom. The lowest BCUT2D eigenvalue weighted by Crippen LogP contribution is -2.09.